The molecule has 0 amide bonds. The van der Waals surface area contributed by atoms with Crippen LogP contribution in [-0.2, 0) is 6.54 Å². The Labute approximate surface area is 122 Å². The number of nitrogens with one attached hydrogen (secondary N) is 1. The number of nitrogens with zero attached hydrogens (tertiary/aromatic N) is 1. The van der Waals surface area contributed by atoms with Gasteiger partial charge < -0.3 is 5.32 Å². The van der Waals surface area contributed by atoms with Crippen LogP contribution in [0.1, 0.15) is 29.7 Å². The molecule has 2 aromatic carbocycles. The van der Waals surface area contributed by atoms with Gasteiger partial charge in [-0.05, 0) is 36.2 Å². The van der Waals surface area contributed by atoms with Gasteiger partial charge in [0.1, 0.15) is 0 Å². The van der Waals surface area contributed by atoms with E-state index >= 15 is 0 Å². The van der Waals surface area contributed by atoms with E-state index < -0.39 is 0 Å². The predicted molar refractivity (Wildman–Crippen MR) is 80.6 cm³/mol. The van der Waals surface area contributed by atoms with Crippen molar-refractivity contribution >= 4 is 15.9 Å². The number of rotatable bonds is 4. The van der Waals surface area contributed by atoms with Crippen molar-refractivity contribution in [3.63, 3.8) is 0 Å². The normalized spacial score (nSPS) is 11.8. The van der Waals surface area contributed by atoms with Gasteiger partial charge in [0, 0.05) is 17.1 Å². The van der Waals surface area contributed by atoms with E-state index in [9.17, 15) is 0 Å². The van der Waals surface area contributed by atoms with Crippen LogP contribution in [0.2, 0.25) is 0 Å². The average Bonchev–Trinajstić information content (AvgIpc) is 2.46. The highest BCUT2D eigenvalue weighted by Crippen LogP contribution is 2.18. The third-order valence-corrected chi connectivity index (χ3v) is 3.85. The minimum absolute atomic E-state index is 0.209. The molecule has 1 atom stereocenters. The first-order valence-corrected chi connectivity index (χ1v) is 6.97. The fraction of sp³-hybridized carbons (Fsp3) is 0.188. The molecule has 19 heavy (non-hydrogen) atoms. The molecule has 0 aliphatic rings. The first-order chi connectivity index (χ1) is 9.20. The molecule has 0 aliphatic heterocycles. The molecule has 1 N–H and O–H groups in total. The topological polar surface area (TPSA) is 35.8 Å². The number of benzene rings is 2. The van der Waals surface area contributed by atoms with Crippen LogP contribution in [0.3, 0.4) is 0 Å². The smallest absolute Gasteiger partial charge is 0.0991 e. The van der Waals surface area contributed by atoms with Crippen LogP contribution >= 0.6 is 15.9 Å². The van der Waals surface area contributed by atoms with Crippen molar-refractivity contribution in [1.29, 1.82) is 5.26 Å². The highest BCUT2D eigenvalue weighted by Gasteiger charge is 2.06. The maximum atomic E-state index is 8.91. The molecule has 0 radical (unpaired) electrons. The Morgan fingerprint density at radius 2 is 2.00 bits per heavy atom. The van der Waals surface area contributed by atoms with Crippen LogP contribution in [-0.4, -0.2) is 0 Å². The molecule has 0 spiro atoms. The molecule has 0 fully saturated rings. The maximum Gasteiger partial charge on any atom is 0.0991 e. The Bertz CT molecular complexity index is 602. The number of hydrogen-bond donors (Lipinski definition) is 1. The molecule has 2 aromatic rings. The first-order valence-electron chi connectivity index (χ1n) is 6.17. The summed E-state index contributed by atoms with van der Waals surface area (Å²) >= 11 is 3.54. The van der Waals surface area contributed by atoms with Crippen molar-refractivity contribution in [3.8, 4) is 6.07 Å². The Morgan fingerprint density at radius 1 is 1.21 bits per heavy atom. The molecule has 0 bridgehead atoms. The molecule has 1 unspecified atom stereocenters. The van der Waals surface area contributed by atoms with E-state index in [0.717, 1.165) is 16.6 Å². The van der Waals surface area contributed by atoms with Crippen molar-refractivity contribution in [3.05, 3.63) is 69.7 Å². The standard InChI is InChI=1S/C16H15BrN2/c1-12(14-7-4-5-13(9-14)10-18)19-11-15-6-2-3-8-16(15)17/h2-9,12,19H,11H2,1H3. The van der Waals surface area contributed by atoms with E-state index in [-0.39, 0.29) is 6.04 Å². The van der Waals surface area contributed by atoms with Gasteiger partial charge >= 0.3 is 0 Å². The second kappa shape index (κ2) is 6.51. The van der Waals surface area contributed by atoms with Crippen LogP contribution in [0.25, 0.3) is 0 Å². The van der Waals surface area contributed by atoms with E-state index in [1.807, 2.05) is 42.5 Å². The van der Waals surface area contributed by atoms with Crippen LogP contribution in [0.4, 0.5) is 0 Å². The summed E-state index contributed by atoms with van der Waals surface area (Å²) in [5.41, 5.74) is 3.06. The Morgan fingerprint density at radius 3 is 2.74 bits per heavy atom. The zero-order valence-electron chi connectivity index (χ0n) is 10.7. The van der Waals surface area contributed by atoms with Crippen LogP contribution < -0.4 is 5.32 Å². The number of nitriles is 1. The highest BCUT2D eigenvalue weighted by atomic mass is 79.9. The first kappa shape index (κ1) is 13.8. The SMILES string of the molecule is CC(NCc1ccccc1Br)c1cccc(C#N)c1. The largest absolute Gasteiger partial charge is 0.306 e. The lowest BCUT2D eigenvalue weighted by Gasteiger charge is -2.15. The zero-order valence-corrected chi connectivity index (χ0v) is 12.3. The summed E-state index contributed by atoms with van der Waals surface area (Å²) in [6.07, 6.45) is 0. The van der Waals surface area contributed by atoms with Gasteiger partial charge in [-0.3, -0.25) is 0 Å². The summed E-state index contributed by atoms with van der Waals surface area (Å²) in [5, 5.41) is 12.4. The van der Waals surface area contributed by atoms with E-state index in [1.54, 1.807) is 0 Å². The van der Waals surface area contributed by atoms with Crippen molar-refractivity contribution in [2.75, 3.05) is 0 Å². The van der Waals surface area contributed by atoms with Gasteiger partial charge in [0.2, 0.25) is 0 Å². The van der Waals surface area contributed by atoms with Gasteiger partial charge in [-0.15, -0.1) is 0 Å². The lowest BCUT2D eigenvalue weighted by Crippen LogP contribution is -2.18. The number of hydrogen-bond acceptors (Lipinski definition) is 2. The molecule has 0 heterocycles. The quantitative estimate of drug-likeness (QED) is 0.919. The molecule has 2 nitrogen and oxygen atoms in total. The van der Waals surface area contributed by atoms with Crippen molar-refractivity contribution in [2.45, 2.75) is 19.5 Å². The Hall–Kier alpha value is -1.63. The summed E-state index contributed by atoms with van der Waals surface area (Å²) in [4.78, 5) is 0. The van der Waals surface area contributed by atoms with Crippen molar-refractivity contribution < 1.29 is 0 Å². The minimum atomic E-state index is 0.209. The van der Waals surface area contributed by atoms with Gasteiger partial charge in [-0.2, -0.15) is 5.26 Å². The average molecular weight is 315 g/mol. The second-order valence-electron chi connectivity index (χ2n) is 4.43. The van der Waals surface area contributed by atoms with Gasteiger partial charge in [-0.25, -0.2) is 0 Å². The lowest BCUT2D eigenvalue weighted by molar-refractivity contribution is 0.573. The molecule has 0 aromatic heterocycles. The number of halogens is 1. The fourth-order valence-corrected chi connectivity index (χ4v) is 2.33. The summed E-state index contributed by atoms with van der Waals surface area (Å²) < 4.78 is 1.11. The molecule has 96 valence electrons. The highest BCUT2D eigenvalue weighted by molar-refractivity contribution is 9.10. The molecule has 2 rings (SSSR count). The molecule has 0 saturated heterocycles. The minimum Gasteiger partial charge on any atom is -0.306 e. The van der Waals surface area contributed by atoms with Gasteiger partial charge in [0.25, 0.3) is 0 Å². The van der Waals surface area contributed by atoms with Gasteiger partial charge in [0.15, 0.2) is 0 Å². The molecule has 0 saturated carbocycles. The predicted octanol–water partition coefficient (Wildman–Crippen LogP) is 4.17. The van der Waals surface area contributed by atoms with Crippen molar-refractivity contribution in [2.24, 2.45) is 0 Å². The fourth-order valence-electron chi connectivity index (χ4n) is 1.90. The van der Waals surface area contributed by atoms with Crippen LogP contribution in [0.5, 0.6) is 0 Å². The second-order valence-corrected chi connectivity index (χ2v) is 5.29. The summed E-state index contributed by atoms with van der Waals surface area (Å²) in [6, 6.07) is 18.3. The van der Waals surface area contributed by atoms with Gasteiger partial charge in [0.05, 0.1) is 11.6 Å². The summed E-state index contributed by atoms with van der Waals surface area (Å²) in [5.74, 6) is 0. The zero-order chi connectivity index (χ0) is 13.7. The summed E-state index contributed by atoms with van der Waals surface area (Å²) in [7, 11) is 0. The van der Waals surface area contributed by atoms with E-state index in [1.165, 1.54) is 5.56 Å². The molecule has 3 heteroatoms. The van der Waals surface area contributed by atoms with E-state index in [2.05, 4.69) is 40.3 Å². The Balaban J connectivity index is 2.03. The molecular weight excluding hydrogens is 300 g/mol. The monoisotopic (exact) mass is 314 g/mol. The lowest BCUT2D eigenvalue weighted by atomic mass is 10.1. The third-order valence-electron chi connectivity index (χ3n) is 3.07. The Kier molecular flexibility index (Phi) is 4.73. The van der Waals surface area contributed by atoms with E-state index in [4.69, 9.17) is 5.26 Å². The third kappa shape index (κ3) is 3.66. The van der Waals surface area contributed by atoms with E-state index in [0.29, 0.717) is 5.56 Å². The molecule has 0 aliphatic carbocycles. The van der Waals surface area contributed by atoms with Crippen LogP contribution in [0, 0.1) is 11.3 Å². The van der Waals surface area contributed by atoms with Crippen LogP contribution in [0.15, 0.2) is 53.0 Å². The maximum absolute atomic E-state index is 8.91. The van der Waals surface area contributed by atoms with Crippen molar-refractivity contribution in [1.82, 2.24) is 5.32 Å². The summed E-state index contributed by atoms with van der Waals surface area (Å²) in [6.45, 7) is 2.90. The molecular formula is C16H15BrN2. The van der Waals surface area contributed by atoms with Gasteiger partial charge in [-0.1, -0.05) is 46.3 Å².